The highest BCUT2D eigenvalue weighted by Crippen LogP contribution is 2.33. The van der Waals surface area contributed by atoms with E-state index in [0.717, 1.165) is 42.1 Å². The van der Waals surface area contributed by atoms with Gasteiger partial charge in [0.05, 0.1) is 23.8 Å². The average Bonchev–Trinajstić information content (AvgIpc) is 3.05. The zero-order valence-electron chi connectivity index (χ0n) is 19.2. The summed E-state index contributed by atoms with van der Waals surface area (Å²) in [6.07, 6.45) is 12.3. The molecular weight excluding hydrogens is 400 g/mol. The molecule has 0 spiro atoms. The van der Waals surface area contributed by atoms with Crippen molar-refractivity contribution in [3.05, 3.63) is 24.3 Å². The monoisotopic (exact) mass is 436 g/mol. The van der Waals surface area contributed by atoms with Crippen LogP contribution in [0.15, 0.2) is 18.5 Å². The maximum absolute atomic E-state index is 12.3. The number of aromatic nitrogens is 3. The second-order valence-electron chi connectivity index (χ2n) is 9.86. The van der Waals surface area contributed by atoms with Crippen LogP contribution in [0.3, 0.4) is 0 Å². The van der Waals surface area contributed by atoms with Gasteiger partial charge in [-0.2, -0.15) is 0 Å². The van der Waals surface area contributed by atoms with Crippen LogP contribution in [-0.2, 0) is 16.2 Å². The van der Waals surface area contributed by atoms with Crippen molar-refractivity contribution >= 4 is 27.2 Å². The van der Waals surface area contributed by atoms with Crippen LogP contribution in [-0.4, -0.2) is 75.3 Å². The first-order valence-electron chi connectivity index (χ1n) is 10.6. The Hall–Kier alpha value is -1.80. The second kappa shape index (κ2) is 9.14. The minimum Gasteiger partial charge on any atom is -0.444 e. The van der Waals surface area contributed by atoms with Gasteiger partial charge in [-0.25, -0.2) is 24.8 Å². The smallest absolute Gasteiger partial charge is 0.410 e. The highest BCUT2D eigenvalue weighted by molar-refractivity contribution is 8.32. The summed E-state index contributed by atoms with van der Waals surface area (Å²) < 4.78 is 13.4. The van der Waals surface area contributed by atoms with Crippen molar-refractivity contribution < 1.29 is 14.3 Å². The lowest BCUT2D eigenvalue weighted by molar-refractivity contribution is 0.0203. The van der Waals surface area contributed by atoms with Gasteiger partial charge in [0.2, 0.25) is 0 Å². The second-order valence-corrected chi connectivity index (χ2v) is 14.4. The van der Waals surface area contributed by atoms with Gasteiger partial charge in [-0.05, 0) is 58.4 Å². The highest BCUT2D eigenvalue weighted by atomic mass is 32.3. The molecule has 7 nitrogen and oxygen atoms in total. The van der Waals surface area contributed by atoms with Crippen molar-refractivity contribution in [2.75, 3.05) is 44.2 Å². The third-order valence-electron chi connectivity index (χ3n) is 5.12. The van der Waals surface area contributed by atoms with Crippen molar-refractivity contribution in [1.29, 1.82) is 0 Å². The lowest BCUT2D eigenvalue weighted by Gasteiger charge is -2.32. The molecular formula is C22H36N4O3S. The maximum atomic E-state index is 12.3. The lowest BCUT2D eigenvalue weighted by atomic mass is 9.96. The standard InChI is InChI=1S/C22H36N4O3S/c1-22(2,3)29-21(27)25-10-7-17(8-11-25)20-23-15-19-18(24-20)9-12-26(19)16-28-13-14-30(4,5)6/h9,12,15,17H,7-8,10-11,13-14,16H2,1-6H3. The van der Waals surface area contributed by atoms with Crippen LogP contribution in [0, 0.1) is 0 Å². The molecule has 0 atom stereocenters. The Labute approximate surface area is 181 Å². The van der Waals surface area contributed by atoms with Gasteiger partial charge in [0.25, 0.3) is 0 Å². The van der Waals surface area contributed by atoms with Crippen molar-refractivity contribution in [3.63, 3.8) is 0 Å². The summed E-state index contributed by atoms with van der Waals surface area (Å²) in [5.74, 6) is 2.23. The number of piperidine rings is 1. The molecule has 0 N–H and O–H groups in total. The average molecular weight is 437 g/mol. The van der Waals surface area contributed by atoms with E-state index >= 15 is 0 Å². The zero-order valence-corrected chi connectivity index (χ0v) is 20.0. The van der Waals surface area contributed by atoms with Crippen LogP contribution < -0.4 is 0 Å². The number of fused-ring (bicyclic) bond motifs is 1. The van der Waals surface area contributed by atoms with Crippen molar-refractivity contribution in [2.45, 2.75) is 51.9 Å². The van der Waals surface area contributed by atoms with Gasteiger partial charge in [0, 0.05) is 31.0 Å². The first-order valence-corrected chi connectivity index (χ1v) is 13.6. The molecule has 30 heavy (non-hydrogen) atoms. The first-order chi connectivity index (χ1) is 14.0. The third-order valence-corrected chi connectivity index (χ3v) is 6.51. The topological polar surface area (TPSA) is 69.5 Å². The van der Waals surface area contributed by atoms with E-state index in [9.17, 15) is 4.79 Å². The number of rotatable bonds is 6. The molecule has 1 aliphatic rings. The maximum Gasteiger partial charge on any atom is 0.410 e. The van der Waals surface area contributed by atoms with Crippen molar-refractivity contribution in [1.82, 2.24) is 19.4 Å². The van der Waals surface area contributed by atoms with Gasteiger partial charge in [-0.15, -0.1) is 0 Å². The number of hydrogen-bond donors (Lipinski definition) is 0. The van der Waals surface area contributed by atoms with Gasteiger partial charge in [0.15, 0.2) is 0 Å². The predicted octanol–water partition coefficient (Wildman–Crippen LogP) is 4.21. The van der Waals surface area contributed by atoms with E-state index in [2.05, 4.69) is 28.3 Å². The molecule has 0 saturated carbocycles. The molecule has 1 fully saturated rings. The minimum atomic E-state index is -0.536. The van der Waals surface area contributed by atoms with Gasteiger partial charge in [-0.3, -0.25) is 0 Å². The molecule has 3 rings (SSSR count). The van der Waals surface area contributed by atoms with Gasteiger partial charge >= 0.3 is 6.09 Å². The van der Waals surface area contributed by atoms with E-state index in [1.165, 1.54) is 0 Å². The Morgan fingerprint density at radius 3 is 2.57 bits per heavy atom. The van der Waals surface area contributed by atoms with E-state index in [4.69, 9.17) is 14.5 Å². The number of ether oxygens (including phenoxy) is 2. The molecule has 0 aliphatic carbocycles. The fraction of sp³-hybridized carbons (Fsp3) is 0.682. The molecule has 1 saturated heterocycles. The fourth-order valence-electron chi connectivity index (χ4n) is 3.42. The number of likely N-dealkylation sites (tertiary alicyclic amines) is 1. The molecule has 3 heterocycles. The summed E-state index contributed by atoms with van der Waals surface area (Å²) in [5.41, 5.74) is 1.47. The number of nitrogens with zero attached hydrogens (tertiary/aromatic N) is 4. The van der Waals surface area contributed by atoms with Crippen molar-refractivity contribution in [3.8, 4) is 0 Å². The largest absolute Gasteiger partial charge is 0.444 e. The fourth-order valence-corrected chi connectivity index (χ4v) is 4.03. The summed E-state index contributed by atoms with van der Waals surface area (Å²) in [4.78, 5) is 23.5. The number of hydrogen-bond acceptors (Lipinski definition) is 5. The van der Waals surface area contributed by atoms with E-state index in [0.29, 0.717) is 19.8 Å². The third kappa shape index (κ3) is 6.35. The molecule has 1 amide bonds. The van der Waals surface area contributed by atoms with Crippen molar-refractivity contribution in [2.24, 2.45) is 0 Å². The normalized spacial score (nSPS) is 16.8. The number of carbonyl (C=O) groups is 1. The summed E-state index contributed by atoms with van der Waals surface area (Å²) >= 11 is 0. The molecule has 1 aliphatic heterocycles. The van der Waals surface area contributed by atoms with E-state index < -0.39 is 15.6 Å². The van der Waals surface area contributed by atoms with Crippen LogP contribution in [0.1, 0.15) is 45.4 Å². The van der Waals surface area contributed by atoms with Crippen LogP contribution in [0.2, 0.25) is 0 Å². The minimum absolute atomic E-state index is 0.234. The van der Waals surface area contributed by atoms with E-state index in [1.807, 2.05) is 39.2 Å². The molecule has 0 aromatic carbocycles. The van der Waals surface area contributed by atoms with Crippen LogP contribution in [0.25, 0.3) is 11.0 Å². The molecule has 2 aromatic rings. The highest BCUT2D eigenvalue weighted by Gasteiger charge is 2.28. The Bertz CT molecular complexity index is 861. The Morgan fingerprint density at radius 2 is 1.93 bits per heavy atom. The molecule has 8 heteroatoms. The predicted molar refractivity (Wildman–Crippen MR) is 123 cm³/mol. The number of carbonyl (C=O) groups excluding carboxylic acids is 1. The van der Waals surface area contributed by atoms with E-state index in [-0.39, 0.29) is 12.0 Å². The quantitative estimate of drug-likeness (QED) is 0.634. The Kier molecular flexibility index (Phi) is 6.97. The first kappa shape index (κ1) is 22.9. The summed E-state index contributed by atoms with van der Waals surface area (Å²) in [7, 11) is -0.536. The van der Waals surface area contributed by atoms with Gasteiger partial charge < -0.3 is 18.9 Å². The summed E-state index contributed by atoms with van der Waals surface area (Å²) in [5, 5.41) is 0. The molecule has 0 unspecified atom stereocenters. The van der Waals surface area contributed by atoms with Gasteiger partial charge in [0.1, 0.15) is 18.2 Å². The summed E-state index contributed by atoms with van der Waals surface area (Å²) in [6, 6.07) is 2.02. The van der Waals surface area contributed by atoms with Crippen LogP contribution in [0.5, 0.6) is 0 Å². The van der Waals surface area contributed by atoms with Crippen LogP contribution >= 0.6 is 10.0 Å². The molecule has 0 radical (unpaired) electrons. The molecule has 168 valence electrons. The van der Waals surface area contributed by atoms with E-state index in [1.54, 1.807) is 4.90 Å². The molecule has 2 aromatic heterocycles. The SMILES string of the molecule is CC(C)(C)OC(=O)N1CCC(c2ncc3c(ccn3COCCS(C)(C)C)n2)CC1. The zero-order chi connectivity index (χ0) is 21.9. The molecule has 0 bridgehead atoms. The van der Waals surface area contributed by atoms with Gasteiger partial charge in [-0.1, -0.05) is 0 Å². The summed E-state index contributed by atoms with van der Waals surface area (Å²) in [6.45, 7) is 8.32. The lowest BCUT2D eigenvalue weighted by Crippen LogP contribution is -2.41. The Balaban J connectivity index is 1.56. The van der Waals surface area contributed by atoms with Crippen LogP contribution in [0.4, 0.5) is 4.79 Å². The Morgan fingerprint density at radius 1 is 1.23 bits per heavy atom. The number of amides is 1.